The summed E-state index contributed by atoms with van der Waals surface area (Å²) >= 11 is 1.37. The first kappa shape index (κ1) is 13.2. The summed E-state index contributed by atoms with van der Waals surface area (Å²) in [5.74, 6) is 0. The van der Waals surface area contributed by atoms with Crippen LogP contribution in [-0.4, -0.2) is 19.4 Å². The molecular formula is C14H17N5S. The Labute approximate surface area is 121 Å². The van der Waals surface area contributed by atoms with E-state index >= 15 is 0 Å². The van der Waals surface area contributed by atoms with Gasteiger partial charge in [-0.05, 0) is 31.4 Å². The molecule has 2 N–H and O–H groups in total. The number of nitrogens with two attached hydrogens (primary N) is 1. The van der Waals surface area contributed by atoms with Gasteiger partial charge in [0.05, 0.1) is 21.8 Å². The number of rotatable bonds is 4. The minimum atomic E-state index is -0.0985. The van der Waals surface area contributed by atoms with Crippen LogP contribution in [0, 0.1) is 6.92 Å². The molecule has 0 saturated carbocycles. The van der Waals surface area contributed by atoms with Gasteiger partial charge in [0.15, 0.2) is 0 Å². The molecule has 2 heterocycles. The van der Waals surface area contributed by atoms with Crippen molar-refractivity contribution >= 4 is 22.4 Å². The van der Waals surface area contributed by atoms with Gasteiger partial charge >= 0.3 is 0 Å². The normalized spacial score (nSPS) is 12.9. The predicted octanol–water partition coefficient (Wildman–Crippen LogP) is 2.46. The summed E-state index contributed by atoms with van der Waals surface area (Å²) in [5.41, 5.74) is 9.42. The van der Waals surface area contributed by atoms with Crippen LogP contribution in [-0.2, 0) is 13.0 Å². The average Bonchev–Trinajstić information content (AvgIpc) is 3.03. The second-order valence-electron chi connectivity index (χ2n) is 4.81. The average molecular weight is 287 g/mol. The molecule has 0 aliphatic heterocycles. The maximum absolute atomic E-state index is 6.30. The van der Waals surface area contributed by atoms with Crippen molar-refractivity contribution in [2.24, 2.45) is 5.73 Å². The molecule has 1 atom stereocenters. The fourth-order valence-electron chi connectivity index (χ4n) is 2.47. The lowest BCUT2D eigenvalue weighted by atomic mass is 10.1. The van der Waals surface area contributed by atoms with E-state index in [1.165, 1.54) is 16.9 Å². The van der Waals surface area contributed by atoms with E-state index < -0.39 is 0 Å². The molecule has 0 fully saturated rings. The van der Waals surface area contributed by atoms with Gasteiger partial charge in [0.25, 0.3) is 0 Å². The summed E-state index contributed by atoms with van der Waals surface area (Å²) < 4.78 is 5.98. The third kappa shape index (κ3) is 2.21. The van der Waals surface area contributed by atoms with Crippen LogP contribution in [0.3, 0.4) is 0 Å². The Kier molecular flexibility index (Phi) is 3.50. The van der Waals surface area contributed by atoms with Crippen LogP contribution < -0.4 is 5.73 Å². The summed E-state index contributed by atoms with van der Waals surface area (Å²) in [6.45, 7) is 4.90. The third-order valence-electron chi connectivity index (χ3n) is 3.47. The maximum atomic E-state index is 6.30. The van der Waals surface area contributed by atoms with Crippen molar-refractivity contribution in [3.05, 3.63) is 40.5 Å². The summed E-state index contributed by atoms with van der Waals surface area (Å²) in [6, 6.07) is 8.18. The fraction of sp³-hybridized carbons (Fsp3) is 0.357. The van der Waals surface area contributed by atoms with E-state index in [-0.39, 0.29) is 6.04 Å². The Morgan fingerprint density at radius 3 is 2.85 bits per heavy atom. The molecule has 0 bridgehead atoms. The Balaban J connectivity index is 1.97. The highest BCUT2D eigenvalue weighted by atomic mass is 32.1. The lowest BCUT2D eigenvalue weighted by Crippen LogP contribution is -2.13. The molecule has 1 aromatic carbocycles. The molecule has 0 aliphatic carbocycles. The minimum absolute atomic E-state index is 0.0985. The SMILES string of the molecule is CCn1nc(CC(N)c2snnc2C)c2ccccc21. The molecule has 20 heavy (non-hydrogen) atoms. The standard InChI is InChI=1S/C14H17N5S/c1-3-19-13-7-5-4-6-10(13)12(17-19)8-11(15)14-9(2)16-18-20-14/h4-7,11H,3,8,15H2,1-2H3. The highest BCUT2D eigenvalue weighted by Crippen LogP contribution is 2.25. The van der Waals surface area contributed by atoms with Gasteiger partial charge in [-0.1, -0.05) is 22.7 Å². The van der Waals surface area contributed by atoms with Crippen LogP contribution in [0.4, 0.5) is 0 Å². The van der Waals surface area contributed by atoms with E-state index in [9.17, 15) is 0 Å². The van der Waals surface area contributed by atoms with Gasteiger partial charge in [-0.2, -0.15) is 5.10 Å². The maximum Gasteiger partial charge on any atom is 0.0772 e. The highest BCUT2D eigenvalue weighted by Gasteiger charge is 2.17. The number of para-hydroxylation sites is 1. The van der Waals surface area contributed by atoms with E-state index in [1.54, 1.807) is 0 Å². The summed E-state index contributed by atoms with van der Waals surface area (Å²) in [7, 11) is 0. The van der Waals surface area contributed by atoms with E-state index in [4.69, 9.17) is 5.73 Å². The lowest BCUT2D eigenvalue weighted by Gasteiger charge is -2.07. The second-order valence-corrected chi connectivity index (χ2v) is 5.60. The predicted molar refractivity (Wildman–Crippen MR) is 80.7 cm³/mol. The number of aromatic nitrogens is 4. The number of hydrogen-bond donors (Lipinski definition) is 1. The van der Waals surface area contributed by atoms with Gasteiger partial charge in [0, 0.05) is 24.4 Å². The fourth-order valence-corrected chi connectivity index (χ4v) is 3.11. The molecule has 6 heteroatoms. The van der Waals surface area contributed by atoms with Crippen LogP contribution in [0.5, 0.6) is 0 Å². The molecule has 0 aliphatic rings. The van der Waals surface area contributed by atoms with Gasteiger partial charge < -0.3 is 5.73 Å². The minimum Gasteiger partial charge on any atom is -0.323 e. The van der Waals surface area contributed by atoms with Crippen molar-refractivity contribution in [3.8, 4) is 0 Å². The number of fused-ring (bicyclic) bond motifs is 1. The molecule has 0 saturated heterocycles. The molecule has 0 amide bonds. The topological polar surface area (TPSA) is 69.6 Å². The smallest absolute Gasteiger partial charge is 0.0772 e. The number of nitrogens with zero attached hydrogens (tertiary/aromatic N) is 4. The Bertz CT molecular complexity index is 730. The third-order valence-corrected chi connectivity index (χ3v) is 4.43. The molecule has 1 unspecified atom stereocenters. The number of benzene rings is 1. The molecule has 0 spiro atoms. The van der Waals surface area contributed by atoms with Crippen LogP contribution in [0.1, 0.15) is 29.2 Å². The molecule has 3 rings (SSSR count). The molecule has 2 aromatic heterocycles. The van der Waals surface area contributed by atoms with E-state index in [0.717, 1.165) is 28.3 Å². The van der Waals surface area contributed by atoms with Crippen molar-refractivity contribution in [1.29, 1.82) is 0 Å². The Morgan fingerprint density at radius 1 is 1.35 bits per heavy atom. The van der Waals surface area contributed by atoms with Crippen molar-refractivity contribution in [3.63, 3.8) is 0 Å². The summed E-state index contributed by atoms with van der Waals surface area (Å²) in [6.07, 6.45) is 0.707. The van der Waals surface area contributed by atoms with E-state index in [0.29, 0.717) is 6.42 Å². The Morgan fingerprint density at radius 2 is 2.15 bits per heavy atom. The summed E-state index contributed by atoms with van der Waals surface area (Å²) in [5, 5.41) is 9.89. The van der Waals surface area contributed by atoms with Gasteiger partial charge in [-0.25, -0.2) is 0 Å². The zero-order chi connectivity index (χ0) is 14.1. The Hall–Kier alpha value is -1.79. The molecule has 104 valence electrons. The molecule has 3 aromatic rings. The quantitative estimate of drug-likeness (QED) is 0.800. The van der Waals surface area contributed by atoms with E-state index in [1.807, 2.05) is 23.7 Å². The summed E-state index contributed by atoms with van der Waals surface area (Å²) in [4.78, 5) is 1.04. The van der Waals surface area contributed by atoms with Crippen LogP contribution in [0.15, 0.2) is 24.3 Å². The van der Waals surface area contributed by atoms with Gasteiger partial charge in [0.2, 0.25) is 0 Å². The lowest BCUT2D eigenvalue weighted by molar-refractivity contribution is 0.643. The van der Waals surface area contributed by atoms with Crippen molar-refractivity contribution in [2.75, 3.05) is 0 Å². The van der Waals surface area contributed by atoms with Crippen molar-refractivity contribution < 1.29 is 0 Å². The highest BCUT2D eigenvalue weighted by molar-refractivity contribution is 7.05. The molecule has 0 radical (unpaired) electrons. The van der Waals surface area contributed by atoms with Crippen LogP contribution in [0.25, 0.3) is 10.9 Å². The molecule has 5 nitrogen and oxygen atoms in total. The van der Waals surface area contributed by atoms with Crippen molar-refractivity contribution in [2.45, 2.75) is 32.9 Å². The molecular weight excluding hydrogens is 270 g/mol. The van der Waals surface area contributed by atoms with Crippen LogP contribution in [0.2, 0.25) is 0 Å². The first-order valence-electron chi connectivity index (χ1n) is 6.69. The van der Waals surface area contributed by atoms with Gasteiger partial charge in [-0.15, -0.1) is 5.10 Å². The monoisotopic (exact) mass is 287 g/mol. The van der Waals surface area contributed by atoms with E-state index in [2.05, 4.69) is 33.7 Å². The second kappa shape index (κ2) is 5.30. The zero-order valence-electron chi connectivity index (χ0n) is 11.6. The van der Waals surface area contributed by atoms with Gasteiger partial charge in [-0.3, -0.25) is 4.68 Å². The first-order chi connectivity index (χ1) is 9.70. The largest absolute Gasteiger partial charge is 0.323 e. The first-order valence-corrected chi connectivity index (χ1v) is 7.47. The number of aryl methyl sites for hydroxylation is 2. The zero-order valence-corrected chi connectivity index (χ0v) is 12.4. The van der Waals surface area contributed by atoms with Crippen molar-refractivity contribution in [1.82, 2.24) is 19.4 Å². The van der Waals surface area contributed by atoms with Gasteiger partial charge in [0.1, 0.15) is 0 Å². The van der Waals surface area contributed by atoms with Crippen LogP contribution >= 0.6 is 11.5 Å². The number of hydrogen-bond acceptors (Lipinski definition) is 5.